The molecule has 0 aromatic heterocycles. The number of carbonyl (C=O) groups is 2. The molecule has 2 bridgehead atoms. The van der Waals surface area contributed by atoms with Crippen molar-refractivity contribution < 1.29 is 14.7 Å². The Balaban J connectivity index is 1.59. The van der Waals surface area contributed by atoms with E-state index in [4.69, 9.17) is 5.11 Å². The average molecular weight is 295 g/mol. The van der Waals surface area contributed by atoms with Crippen LogP contribution in [0.1, 0.15) is 38.5 Å². The van der Waals surface area contributed by atoms with E-state index in [1.165, 1.54) is 12.8 Å². The summed E-state index contributed by atoms with van der Waals surface area (Å²) in [6, 6.07) is 0.0458. The fourth-order valence-corrected chi connectivity index (χ4v) is 4.05. The van der Waals surface area contributed by atoms with Gasteiger partial charge in [0.2, 0.25) is 0 Å². The molecular weight excluding hydrogens is 270 g/mol. The number of nitrogens with one attached hydrogen (secondary N) is 1. The van der Waals surface area contributed by atoms with Gasteiger partial charge in [-0.1, -0.05) is 0 Å². The molecule has 4 heterocycles. The summed E-state index contributed by atoms with van der Waals surface area (Å²) in [5, 5.41) is 12.2. The summed E-state index contributed by atoms with van der Waals surface area (Å²) in [5.41, 5.74) is 0. The molecule has 4 rings (SSSR count). The predicted molar refractivity (Wildman–Crippen MR) is 78.1 cm³/mol. The molecule has 0 spiro atoms. The molecule has 21 heavy (non-hydrogen) atoms. The molecule has 0 aromatic rings. The van der Waals surface area contributed by atoms with E-state index in [9.17, 15) is 9.59 Å². The predicted octanol–water partition coefficient (Wildman–Crippen LogP) is 1.12. The number of fused-ring (bicyclic) bond motifs is 3. The number of amides is 2. The first-order valence-electron chi connectivity index (χ1n) is 8.15. The van der Waals surface area contributed by atoms with E-state index in [1.807, 2.05) is 0 Å². The van der Waals surface area contributed by atoms with Gasteiger partial charge in [0.15, 0.2) is 0 Å². The van der Waals surface area contributed by atoms with E-state index in [2.05, 4.69) is 10.2 Å². The van der Waals surface area contributed by atoms with Gasteiger partial charge in [0, 0.05) is 25.2 Å². The molecule has 0 saturated carbocycles. The van der Waals surface area contributed by atoms with Gasteiger partial charge in [0.1, 0.15) is 0 Å². The Morgan fingerprint density at radius 3 is 2.48 bits per heavy atom. The largest absolute Gasteiger partial charge is 0.481 e. The van der Waals surface area contributed by atoms with Crippen LogP contribution in [-0.2, 0) is 4.79 Å². The Morgan fingerprint density at radius 2 is 1.86 bits per heavy atom. The fourth-order valence-electron chi connectivity index (χ4n) is 4.05. The number of carboxylic acid groups (broad SMARTS) is 1. The lowest BCUT2D eigenvalue weighted by atomic mass is 9.84. The maximum Gasteiger partial charge on any atom is 0.317 e. The molecule has 0 aliphatic carbocycles. The number of carboxylic acids is 1. The third kappa shape index (κ3) is 3.31. The first-order chi connectivity index (χ1) is 10.1. The van der Waals surface area contributed by atoms with Gasteiger partial charge in [0.25, 0.3) is 0 Å². The van der Waals surface area contributed by atoms with Crippen LogP contribution in [0.4, 0.5) is 4.79 Å². The van der Waals surface area contributed by atoms with Gasteiger partial charge in [0.05, 0.1) is 6.42 Å². The van der Waals surface area contributed by atoms with Crippen LogP contribution in [0.5, 0.6) is 0 Å². The van der Waals surface area contributed by atoms with Crippen molar-refractivity contribution in [1.82, 2.24) is 15.1 Å². The summed E-state index contributed by atoms with van der Waals surface area (Å²) in [6.07, 6.45) is 5.20. The van der Waals surface area contributed by atoms with Crippen molar-refractivity contribution >= 4 is 12.0 Å². The topological polar surface area (TPSA) is 72.9 Å². The molecule has 4 fully saturated rings. The molecule has 118 valence electrons. The molecule has 0 aromatic carbocycles. The lowest BCUT2D eigenvalue weighted by molar-refractivity contribution is -0.138. The number of aliphatic carboxylic acids is 1. The minimum absolute atomic E-state index is 0.0558. The van der Waals surface area contributed by atoms with Gasteiger partial charge in [-0.2, -0.15) is 0 Å². The smallest absolute Gasteiger partial charge is 0.317 e. The molecule has 4 aliphatic rings. The monoisotopic (exact) mass is 295 g/mol. The maximum absolute atomic E-state index is 12.5. The van der Waals surface area contributed by atoms with Crippen LogP contribution in [0, 0.1) is 5.92 Å². The van der Waals surface area contributed by atoms with Crippen LogP contribution in [0.2, 0.25) is 0 Å². The second-order valence-corrected chi connectivity index (χ2v) is 6.63. The number of nitrogens with zero attached hydrogens (tertiary/aromatic N) is 2. The number of urea groups is 1. The Labute approximate surface area is 125 Å². The standard InChI is InChI=1S/C15H25N3O3/c19-14(20)9-12-3-1-2-6-18(12)15(21)16-13-10-17-7-4-11(13)5-8-17/h11-13H,1-10H2,(H,16,21)(H,19,20). The van der Waals surface area contributed by atoms with Crippen molar-refractivity contribution in [2.24, 2.45) is 5.92 Å². The Morgan fingerprint density at radius 1 is 1.10 bits per heavy atom. The number of rotatable bonds is 3. The van der Waals surface area contributed by atoms with Crippen LogP contribution < -0.4 is 5.32 Å². The zero-order valence-corrected chi connectivity index (χ0v) is 12.5. The number of likely N-dealkylation sites (tertiary alicyclic amines) is 1. The van der Waals surface area contributed by atoms with Crippen molar-refractivity contribution in [2.45, 2.75) is 50.6 Å². The van der Waals surface area contributed by atoms with Crippen molar-refractivity contribution in [3.63, 3.8) is 0 Å². The summed E-state index contributed by atoms with van der Waals surface area (Å²) in [6.45, 7) is 3.95. The zero-order valence-electron chi connectivity index (χ0n) is 12.5. The fraction of sp³-hybridized carbons (Fsp3) is 0.867. The molecule has 2 amide bonds. The molecule has 6 heteroatoms. The highest BCUT2D eigenvalue weighted by Gasteiger charge is 2.37. The van der Waals surface area contributed by atoms with Crippen molar-refractivity contribution in [3.05, 3.63) is 0 Å². The van der Waals surface area contributed by atoms with Gasteiger partial charge in [-0.05, 0) is 51.1 Å². The first-order valence-corrected chi connectivity index (χ1v) is 8.15. The Bertz CT molecular complexity index is 407. The van der Waals surface area contributed by atoms with E-state index in [0.29, 0.717) is 12.5 Å². The molecule has 4 saturated heterocycles. The molecule has 6 nitrogen and oxygen atoms in total. The van der Waals surface area contributed by atoms with Crippen LogP contribution in [-0.4, -0.2) is 65.2 Å². The minimum Gasteiger partial charge on any atom is -0.481 e. The maximum atomic E-state index is 12.5. The second kappa shape index (κ2) is 6.22. The molecule has 4 aliphatic heterocycles. The number of carbonyl (C=O) groups excluding carboxylic acids is 1. The number of piperidine rings is 4. The van der Waals surface area contributed by atoms with Gasteiger partial charge in [-0.25, -0.2) is 4.79 Å². The molecule has 0 radical (unpaired) electrons. The summed E-state index contributed by atoms with van der Waals surface area (Å²) >= 11 is 0. The van der Waals surface area contributed by atoms with Gasteiger partial charge < -0.3 is 20.2 Å². The first kappa shape index (κ1) is 14.6. The lowest BCUT2D eigenvalue weighted by Crippen LogP contribution is -2.60. The normalized spacial score (nSPS) is 35.5. The van der Waals surface area contributed by atoms with Crippen molar-refractivity contribution in [1.29, 1.82) is 0 Å². The van der Waals surface area contributed by atoms with E-state index < -0.39 is 5.97 Å². The summed E-state index contributed by atoms with van der Waals surface area (Å²) < 4.78 is 0. The van der Waals surface area contributed by atoms with E-state index in [-0.39, 0.29) is 24.5 Å². The van der Waals surface area contributed by atoms with E-state index in [1.54, 1.807) is 4.90 Å². The van der Waals surface area contributed by atoms with E-state index in [0.717, 1.165) is 38.9 Å². The van der Waals surface area contributed by atoms with Gasteiger partial charge in [-0.3, -0.25) is 4.79 Å². The van der Waals surface area contributed by atoms with Crippen molar-refractivity contribution in [3.8, 4) is 0 Å². The summed E-state index contributed by atoms with van der Waals surface area (Å²) in [5.74, 6) is -0.218. The highest BCUT2D eigenvalue weighted by atomic mass is 16.4. The molecule has 2 atom stereocenters. The average Bonchev–Trinajstić information content (AvgIpc) is 2.48. The summed E-state index contributed by atoms with van der Waals surface area (Å²) in [4.78, 5) is 27.7. The molecular formula is C15H25N3O3. The van der Waals surface area contributed by atoms with Crippen LogP contribution in [0.3, 0.4) is 0 Å². The number of hydrogen-bond donors (Lipinski definition) is 2. The SMILES string of the molecule is O=C(O)CC1CCCCN1C(=O)NC1CN2CCC1CC2. The van der Waals surface area contributed by atoms with E-state index >= 15 is 0 Å². The quantitative estimate of drug-likeness (QED) is 0.818. The minimum atomic E-state index is -0.817. The third-order valence-electron chi connectivity index (χ3n) is 5.26. The number of hydrogen-bond acceptors (Lipinski definition) is 3. The molecule has 2 N–H and O–H groups in total. The third-order valence-corrected chi connectivity index (χ3v) is 5.26. The van der Waals surface area contributed by atoms with Crippen LogP contribution in [0.15, 0.2) is 0 Å². The van der Waals surface area contributed by atoms with Gasteiger partial charge >= 0.3 is 12.0 Å². The molecule has 2 unspecified atom stereocenters. The Kier molecular flexibility index (Phi) is 4.33. The lowest BCUT2D eigenvalue weighted by Gasteiger charge is -2.46. The van der Waals surface area contributed by atoms with Gasteiger partial charge in [-0.15, -0.1) is 0 Å². The highest BCUT2D eigenvalue weighted by Crippen LogP contribution is 2.28. The zero-order chi connectivity index (χ0) is 14.8. The van der Waals surface area contributed by atoms with Crippen LogP contribution >= 0.6 is 0 Å². The van der Waals surface area contributed by atoms with Crippen molar-refractivity contribution in [2.75, 3.05) is 26.2 Å². The second-order valence-electron chi connectivity index (χ2n) is 6.63. The van der Waals surface area contributed by atoms with Crippen LogP contribution in [0.25, 0.3) is 0 Å². The Hall–Kier alpha value is -1.30. The summed E-state index contributed by atoms with van der Waals surface area (Å²) in [7, 11) is 0. The highest BCUT2D eigenvalue weighted by molar-refractivity contribution is 5.76.